The van der Waals surface area contributed by atoms with Crippen molar-refractivity contribution in [1.82, 2.24) is 0 Å². The highest BCUT2D eigenvalue weighted by Crippen LogP contribution is 2.31. The van der Waals surface area contributed by atoms with E-state index in [4.69, 9.17) is 9.47 Å². The fourth-order valence-electron chi connectivity index (χ4n) is 3.16. The smallest absolute Gasteiger partial charge is 0.126 e. The summed E-state index contributed by atoms with van der Waals surface area (Å²) in [6.45, 7) is 10.2. The van der Waals surface area contributed by atoms with Crippen molar-refractivity contribution in [2.75, 3.05) is 14.2 Å². The van der Waals surface area contributed by atoms with E-state index in [1.165, 1.54) is 16.3 Å². The van der Waals surface area contributed by atoms with E-state index < -0.39 is 0 Å². The van der Waals surface area contributed by atoms with E-state index in [1.807, 2.05) is 13.8 Å². The van der Waals surface area contributed by atoms with Crippen LogP contribution in [0.1, 0.15) is 63.6 Å². The van der Waals surface area contributed by atoms with Crippen molar-refractivity contribution in [3.8, 4) is 11.5 Å². The first-order chi connectivity index (χ1) is 13.3. The van der Waals surface area contributed by atoms with Crippen LogP contribution in [0.4, 0.5) is 4.39 Å². The van der Waals surface area contributed by atoms with Gasteiger partial charge in [0.25, 0.3) is 0 Å². The molecule has 0 aliphatic rings. The Morgan fingerprint density at radius 3 is 1.66 bits per heavy atom. The number of halogens is 1. The van der Waals surface area contributed by atoms with Gasteiger partial charge in [-0.05, 0) is 70.5 Å². The molecule has 0 heterocycles. The minimum absolute atomic E-state index is 0. The monoisotopic (exact) mass is 398 g/mol. The summed E-state index contributed by atoms with van der Waals surface area (Å²) in [6.07, 6.45) is 0. The summed E-state index contributed by atoms with van der Waals surface area (Å²) in [5.74, 6) is 2.37. The number of methoxy groups -OCH3 is 2. The van der Waals surface area contributed by atoms with Gasteiger partial charge in [-0.25, -0.2) is 4.39 Å². The van der Waals surface area contributed by atoms with Gasteiger partial charge in [-0.2, -0.15) is 0 Å². The second-order valence-corrected chi connectivity index (χ2v) is 7.59. The quantitative estimate of drug-likeness (QED) is 0.445. The SMILES string of the molecule is C.COc1cc(C)c(F)cc1C(C)C.COc1cc2ccccc2cc1C(C)C. The average molecular weight is 399 g/mol. The highest BCUT2D eigenvalue weighted by atomic mass is 19.1. The Balaban J connectivity index is 0.000000284. The van der Waals surface area contributed by atoms with Crippen LogP contribution in [-0.2, 0) is 0 Å². The van der Waals surface area contributed by atoms with Gasteiger partial charge < -0.3 is 9.47 Å². The van der Waals surface area contributed by atoms with Crippen molar-refractivity contribution < 1.29 is 13.9 Å². The summed E-state index contributed by atoms with van der Waals surface area (Å²) in [5.41, 5.74) is 2.82. The summed E-state index contributed by atoms with van der Waals surface area (Å²) < 4.78 is 23.8. The molecule has 0 atom stereocenters. The van der Waals surface area contributed by atoms with E-state index in [-0.39, 0.29) is 19.2 Å². The van der Waals surface area contributed by atoms with E-state index in [0.717, 1.165) is 17.1 Å². The molecule has 0 bridgehead atoms. The van der Waals surface area contributed by atoms with E-state index in [1.54, 1.807) is 33.3 Å². The molecular formula is C26H35FO2. The molecule has 0 spiro atoms. The lowest BCUT2D eigenvalue weighted by Gasteiger charge is -2.13. The van der Waals surface area contributed by atoms with Crippen LogP contribution in [0, 0.1) is 12.7 Å². The Morgan fingerprint density at radius 1 is 0.724 bits per heavy atom. The molecule has 0 fully saturated rings. The number of aryl methyl sites for hydroxylation is 1. The molecule has 0 aromatic heterocycles. The highest BCUT2D eigenvalue weighted by Gasteiger charge is 2.10. The van der Waals surface area contributed by atoms with Gasteiger partial charge in [0.15, 0.2) is 0 Å². The third-order valence-electron chi connectivity index (χ3n) is 4.85. The summed E-state index contributed by atoms with van der Waals surface area (Å²) >= 11 is 0. The topological polar surface area (TPSA) is 18.5 Å². The first-order valence-corrected chi connectivity index (χ1v) is 9.69. The Hall–Kier alpha value is -2.55. The average Bonchev–Trinajstić information content (AvgIpc) is 2.68. The molecule has 0 saturated heterocycles. The maximum absolute atomic E-state index is 13.2. The molecule has 0 aliphatic carbocycles. The van der Waals surface area contributed by atoms with Gasteiger partial charge in [-0.1, -0.05) is 59.4 Å². The molecule has 29 heavy (non-hydrogen) atoms. The maximum atomic E-state index is 13.2. The van der Waals surface area contributed by atoms with Gasteiger partial charge in [-0.15, -0.1) is 0 Å². The van der Waals surface area contributed by atoms with Crippen molar-refractivity contribution in [2.24, 2.45) is 0 Å². The second kappa shape index (κ2) is 10.8. The largest absolute Gasteiger partial charge is 0.496 e. The zero-order valence-electron chi connectivity index (χ0n) is 18.0. The van der Waals surface area contributed by atoms with Crippen LogP contribution < -0.4 is 9.47 Å². The van der Waals surface area contributed by atoms with E-state index >= 15 is 0 Å². The minimum atomic E-state index is -0.163. The molecule has 3 aromatic carbocycles. The van der Waals surface area contributed by atoms with Crippen LogP contribution in [-0.4, -0.2) is 14.2 Å². The third kappa shape index (κ3) is 5.96. The molecule has 3 heteroatoms. The number of rotatable bonds is 4. The van der Waals surface area contributed by atoms with Crippen LogP contribution in [0.5, 0.6) is 11.5 Å². The summed E-state index contributed by atoms with van der Waals surface area (Å²) in [5, 5.41) is 2.51. The minimum Gasteiger partial charge on any atom is -0.496 e. The van der Waals surface area contributed by atoms with Gasteiger partial charge >= 0.3 is 0 Å². The van der Waals surface area contributed by atoms with Crippen molar-refractivity contribution in [2.45, 2.75) is 53.9 Å². The lowest BCUT2D eigenvalue weighted by atomic mass is 9.98. The summed E-state index contributed by atoms with van der Waals surface area (Å²) in [7, 11) is 3.34. The van der Waals surface area contributed by atoms with Gasteiger partial charge in [-0.3, -0.25) is 0 Å². The zero-order valence-corrected chi connectivity index (χ0v) is 18.0. The Morgan fingerprint density at radius 2 is 1.17 bits per heavy atom. The van der Waals surface area contributed by atoms with Crippen LogP contribution in [0.2, 0.25) is 0 Å². The van der Waals surface area contributed by atoms with Gasteiger partial charge in [0.05, 0.1) is 14.2 Å². The molecule has 3 aromatic rings. The molecule has 0 N–H and O–H groups in total. The highest BCUT2D eigenvalue weighted by molar-refractivity contribution is 5.85. The predicted octanol–water partition coefficient (Wildman–Crippen LogP) is 7.87. The molecule has 0 saturated carbocycles. The maximum Gasteiger partial charge on any atom is 0.126 e. The molecular weight excluding hydrogens is 363 g/mol. The van der Waals surface area contributed by atoms with E-state index in [2.05, 4.69) is 50.2 Å². The fraction of sp³-hybridized carbons (Fsp3) is 0.385. The fourth-order valence-corrected chi connectivity index (χ4v) is 3.16. The normalized spacial score (nSPS) is 10.4. The van der Waals surface area contributed by atoms with E-state index in [9.17, 15) is 4.39 Å². The Labute approximate surface area is 175 Å². The van der Waals surface area contributed by atoms with E-state index in [0.29, 0.717) is 11.5 Å². The number of hydrogen-bond donors (Lipinski definition) is 0. The second-order valence-electron chi connectivity index (χ2n) is 7.59. The third-order valence-corrected chi connectivity index (χ3v) is 4.85. The predicted molar refractivity (Wildman–Crippen MR) is 123 cm³/mol. The molecule has 0 amide bonds. The summed E-state index contributed by atoms with van der Waals surface area (Å²) in [6, 6.07) is 16.0. The van der Waals surface area contributed by atoms with Crippen LogP contribution in [0.3, 0.4) is 0 Å². The first kappa shape index (κ1) is 24.5. The standard InChI is InChI=1S/C14H16O.C11H15FO.CH4/c1-10(2)13-8-11-6-4-5-7-12(11)9-14(13)15-3;1-7(2)9-6-10(12)8(3)5-11(9)13-4;/h4-10H,1-3H3;5-7H,1-4H3;1H4. The molecule has 2 nitrogen and oxygen atoms in total. The van der Waals surface area contributed by atoms with Crippen molar-refractivity contribution >= 4 is 10.8 Å². The van der Waals surface area contributed by atoms with Crippen molar-refractivity contribution in [1.29, 1.82) is 0 Å². The number of hydrogen-bond acceptors (Lipinski definition) is 2. The molecule has 158 valence electrons. The van der Waals surface area contributed by atoms with Crippen LogP contribution in [0.15, 0.2) is 48.5 Å². The number of benzene rings is 3. The zero-order chi connectivity index (χ0) is 20.8. The summed E-state index contributed by atoms with van der Waals surface area (Å²) in [4.78, 5) is 0. The molecule has 0 unspecified atom stereocenters. The number of fused-ring (bicyclic) bond motifs is 1. The number of ether oxygens (including phenoxy) is 2. The van der Waals surface area contributed by atoms with Gasteiger partial charge in [0.2, 0.25) is 0 Å². The molecule has 3 rings (SSSR count). The first-order valence-electron chi connectivity index (χ1n) is 9.69. The van der Waals surface area contributed by atoms with Crippen LogP contribution >= 0.6 is 0 Å². The lowest BCUT2D eigenvalue weighted by molar-refractivity contribution is 0.405. The van der Waals surface area contributed by atoms with Crippen LogP contribution in [0.25, 0.3) is 10.8 Å². The van der Waals surface area contributed by atoms with Crippen molar-refractivity contribution in [3.63, 3.8) is 0 Å². The van der Waals surface area contributed by atoms with Gasteiger partial charge in [0, 0.05) is 0 Å². The van der Waals surface area contributed by atoms with Crippen molar-refractivity contribution in [3.05, 3.63) is 71.0 Å². The van der Waals surface area contributed by atoms with Gasteiger partial charge in [0.1, 0.15) is 17.3 Å². The molecule has 0 radical (unpaired) electrons. The Kier molecular flexibility index (Phi) is 9.16. The Bertz CT molecular complexity index is 929. The molecule has 0 aliphatic heterocycles. The lowest BCUT2D eigenvalue weighted by Crippen LogP contribution is -1.97.